The molecular formula is C11H13F3N2O2S. The maximum Gasteiger partial charge on any atom is 0.433 e. The van der Waals surface area contributed by atoms with Gasteiger partial charge in [0.05, 0.1) is 11.4 Å². The quantitative estimate of drug-likeness (QED) is 0.686. The fourth-order valence-corrected chi connectivity index (χ4v) is 1.72. The van der Waals surface area contributed by atoms with Gasteiger partial charge in [-0.05, 0) is 6.07 Å². The Morgan fingerprint density at radius 3 is 2.21 bits per heavy atom. The molecule has 0 atom stereocenters. The van der Waals surface area contributed by atoms with E-state index < -0.39 is 23.3 Å². The van der Waals surface area contributed by atoms with Gasteiger partial charge < -0.3 is 5.11 Å². The van der Waals surface area contributed by atoms with Gasteiger partial charge in [0.25, 0.3) is 0 Å². The van der Waals surface area contributed by atoms with Crippen LogP contribution in [0, 0.1) is 0 Å². The highest BCUT2D eigenvalue weighted by Crippen LogP contribution is 2.32. The summed E-state index contributed by atoms with van der Waals surface area (Å²) in [5.41, 5.74) is -1.41. The Balaban J connectivity index is 3.21. The van der Waals surface area contributed by atoms with Crippen molar-refractivity contribution in [1.29, 1.82) is 0 Å². The van der Waals surface area contributed by atoms with Crippen LogP contribution in [0.3, 0.4) is 0 Å². The van der Waals surface area contributed by atoms with Crippen molar-refractivity contribution in [3.8, 4) is 0 Å². The van der Waals surface area contributed by atoms with Crippen LogP contribution in [0.2, 0.25) is 0 Å². The van der Waals surface area contributed by atoms with Gasteiger partial charge in [-0.15, -0.1) is 0 Å². The molecular weight excluding hydrogens is 281 g/mol. The Morgan fingerprint density at radius 1 is 1.26 bits per heavy atom. The molecule has 19 heavy (non-hydrogen) atoms. The molecule has 0 radical (unpaired) electrons. The fraction of sp³-hybridized carbons (Fsp3) is 0.545. The molecule has 0 amide bonds. The van der Waals surface area contributed by atoms with E-state index in [0.29, 0.717) is 11.8 Å². The van der Waals surface area contributed by atoms with E-state index in [2.05, 4.69) is 9.97 Å². The predicted octanol–water partition coefficient (Wildman–Crippen LogP) is 2.97. The summed E-state index contributed by atoms with van der Waals surface area (Å²) in [4.78, 5) is 17.8. The van der Waals surface area contributed by atoms with Crippen LogP contribution in [0.1, 0.15) is 32.2 Å². The van der Waals surface area contributed by atoms with E-state index in [1.165, 1.54) is 0 Å². The minimum absolute atomic E-state index is 0.179. The highest BCUT2D eigenvalue weighted by molar-refractivity contribution is 7.99. The minimum atomic E-state index is -4.58. The molecule has 1 N–H and O–H groups in total. The van der Waals surface area contributed by atoms with Crippen molar-refractivity contribution in [2.75, 3.05) is 5.75 Å². The van der Waals surface area contributed by atoms with Gasteiger partial charge in [0, 0.05) is 5.41 Å². The largest absolute Gasteiger partial charge is 0.481 e. The fourth-order valence-electron chi connectivity index (χ4n) is 1.15. The molecule has 1 aromatic rings. The molecule has 0 aliphatic rings. The monoisotopic (exact) mass is 294 g/mol. The van der Waals surface area contributed by atoms with E-state index in [9.17, 15) is 18.0 Å². The van der Waals surface area contributed by atoms with Crippen molar-refractivity contribution in [3.05, 3.63) is 17.5 Å². The summed E-state index contributed by atoms with van der Waals surface area (Å²) in [6.45, 7) is 5.17. The highest BCUT2D eigenvalue weighted by Gasteiger charge is 2.35. The molecule has 106 valence electrons. The lowest BCUT2D eigenvalue weighted by Gasteiger charge is -2.19. The molecule has 1 heterocycles. The van der Waals surface area contributed by atoms with E-state index in [0.717, 1.165) is 6.07 Å². The number of alkyl halides is 3. The van der Waals surface area contributed by atoms with Crippen molar-refractivity contribution >= 4 is 17.7 Å². The Labute approximate surface area is 112 Å². The zero-order valence-corrected chi connectivity index (χ0v) is 11.4. The number of aliphatic carboxylic acids is 1. The van der Waals surface area contributed by atoms with Crippen molar-refractivity contribution in [2.24, 2.45) is 0 Å². The second-order valence-corrected chi connectivity index (χ2v) is 5.79. The average Bonchev–Trinajstić information content (AvgIpc) is 2.23. The molecule has 1 aromatic heterocycles. The van der Waals surface area contributed by atoms with Crippen LogP contribution in [-0.4, -0.2) is 26.8 Å². The maximum atomic E-state index is 12.7. The molecule has 4 nitrogen and oxygen atoms in total. The maximum absolute atomic E-state index is 12.7. The van der Waals surface area contributed by atoms with Crippen LogP contribution in [0.5, 0.6) is 0 Å². The molecule has 0 aliphatic heterocycles. The minimum Gasteiger partial charge on any atom is -0.481 e. The second kappa shape index (κ2) is 5.36. The molecule has 0 bridgehead atoms. The molecule has 1 rings (SSSR count). The van der Waals surface area contributed by atoms with Gasteiger partial charge in [-0.1, -0.05) is 32.5 Å². The number of carboxylic acids is 1. The summed E-state index contributed by atoms with van der Waals surface area (Å²) in [6, 6.07) is 0.894. The molecule has 0 spiro atoms. The van der Waals surface area contributed by atoms with Crippen LogP contribution >= 0.6 is 11.8 Å². The molecule has 8 heteroatoms. The summed E-state index contributed by atoms with van der Waals surface area (Å²) < 4.78 is 38.2. The van der Waals surface area contributed by atoms with Gasteiger partial charge in [0.2, 0.25) is 0 Å². The van der Waals surface area contributed by atoms with Crippen LogP contribution < -0.4 is 0 Å². The molecule has 0 saturated heterocycles. The zero-order valence-electron chi connectivity index (χ0n) is 10.6. The van der Waals surface area contributed by atoms with Crippen molar-refractivity contribution in [3.63, 3.8) is 0 Å². The van der Waals surface area contributed by atoms with Gasteiger partial charge in [-0.25, -0.2) is 9.97 Å². The van der Waals surface area contributed by atoms with Crippen molar-refractivity contribution in [2.45, 2.75) is 37.5 Å². The highest BCUT2D eigenvalue weighted by atomic mass is 32.2. The Hall–Kier alpha value is -1.31. The predicted molar refractivity (Wildman–Crippen MR) is 64.1 cm³/mol. The second-order valence-electron chi connectivity index (χ2n) is 4.85. The number of rotatable bonds is 3. The smallest absolute Gasteiger partial charge is 0.433 e. The lowest BCUT2D eigenvalue weighted by Crippen LogP contribution is -2.18. The summed E-state index contributed by atoms with van der Waals surface area (Å²) >= 11 is 0.667. The van der Waals surface area contributed by atoms with E-state index in [1.54, 1.807) is 20.8 Å². The van der Waals surface area contributed by atoms with Crippen LogP contribution in [0.25, 0.3) is 0 Å². The van der Waals surface area contributed by atoms with Gasteiger partial charge in [0.15, 0.2) is 5.16 Å². The van der Waals surface area contributed by atoms with Gasteiger partial charge in [-0.3, -0.25) is 4.79 Å². The van der Waals surface area contributed by atoms with Gasteiger partial charge in [-0.2, -0.15) is 13.2 Å². The lowest BCUT2D eigenvalue weighted by atomic mass is 9.91. The third-order valence-electron chi connectivity index (χ3n) is 2.09. The van der Waals surface area contributed by atoms with Gasteiger partial charge in [0.1, 0.15) is 5.69 Å². The summed E-state index contributed by atoms with van der Waals surface area (Å²) in [7, 11) is 0. The van der Waals surface area contributed by atoms with Crippen LogP contribution in [0.4, 0.5) is 13.2 Å². The number of carboxylic acid groups (broad SMARTS) is 1. The number of halogens is 3. The first-order valence-electron chi connectivity index (χ1n) is 5.31. The summed E-state index contributed by atoms with van der Waals surface area (Å²) in [6.07, 6.45) is -4.58. The number of hydrogen-bond donors (Lipinski definition) is 1. The van der Waals surface area contributed by atoms with E-state index >= 15 is 0 Å². The third-order valence-corrected chi connectivity index (χ3v) is 2.92. The number of thioether (sulfide) groups is 1. The number of aromatic nitrogens is 2. The molecule has 0 fully saturated rings. The number of nitrogens with zero attached hydrogens (tertiary/aromatic N) is 2. The van der Waals surface area contributed by atoms with Crippen LogP contribution in [-0.2, 0) is 16.4 Å². The van der Waals surface area contributed by atoms with E-state index in [-0.39, 0.29) is 16.6 Å². The van der Waals surface area contributed by atoms with Crippen LogP contribution in [0.15, 0.2) is 11.2 Å². The van der Waals surface area contributed by atoms with Crippen molar-refractivity contribution in [1.82, 2.24) is 9.97 Å². The topological polar surface area (TPSA) is 63.1 Å². The normalized spacial score (nSPS) is 12.5. The third kappa shape index (κ3) is 4.70. The lowest BCUT2D eigenvalue weighted by molar-refractivity contribution is -0.141. The number of carbonyl (C=O) groups is 1. The number of hydrogen-bond acceptors (Lipinski definition) is 4. The molecule has 0 aromatic carbocycles. The Kier molecular flexibility index (Phi) is 4.44. The summed E-state index contributed by atoms with van der Waals surface area (Å²) in [5, 5.41) is 8.36. The van der Waals surface area contributed by atoms with E-state index in [4.69, 9.17) is 5.11 Å². The van der Waals surface area contributed by atoms with E-state index in [1.807, 2.05) is 0 Å². The Bertz CT molecular complexity index is 452. The standard InChI is InChI=1S/C11H13F3N2O2S/c1-10(2,3)6-4-7(11(12,13)14)16-9(15-6)19-5-8(17)18/h4H,5H2,1-3H3,(H,17,18). The molecule has 0 aliphatic carbocycles. The first-order chi connectivity index (χ1) is 8.50. The Morgan fingerprint density at radius 2 is 1.79 bits per heavy atom. The first kappa shape index (κ1) is 15.7. The zero-order chi connectivity index (χ0) is 14.8. The molecule has 0 saturated carbocycles. The SMILES string of the molecule is CC(C)(C)c1cc(C(F)(F)F)nc(SCC(=O)O)n1. The molecule has 0 unspecified atom stereocenters. The van der Waals surface area contributed by atoms with Crippen molar-refractivity contribution < 1.29 is 23.1 Å². The van der Waals surface area contributed by atoms with Gasteiger partial charge >= 0.3 is 12.1 Å². The average molecular weight is 294 g/mol. The summed E-state index contributed by atoms with van der Waals surface area (Å²) in [5.74, 6) is -1.52. The first-order valence-corrected chi connectivity index (χ1v) is 6.30.